The molecule has 0 fully saturated rings. The highest BCUT2D eigenvalue weighted by atomic mass is 19.1. The molecule has 0 saturated heterocycles. The van der Waals surface area contributed by atoms with E-state index >= 15 is 0 Å². The summed E-state index contributed by atoms with van der Waals surface area (Å²) in [6, 6.07) is 12.2. The maximum absolute atomic E-state index is 13.8. The summed E-state index contributed by atoms with van der Waals surface area (Å²) in [4.78, 5) is 4.38. The van der Waals surface area contributed by atoms with Crippen LogP contribution in [0.15, 0.2) is 47.0 Å². The van der Waals surface area contributed by atoms with Crippen LogP contribution in [0, 0.1) is 12.7 Å². The molecule has 1 atom stereocenters. The van der Waals surface area contributed by atoms with Crippen molar-refractivity contribution in [2.75, 3.05) is 25.6 Å². The Balaban J connectivity index is 1.73. The van der Waals surface area contributed by atoms with Gasteiger partial charge in [-0.25, -0.2) is 4.39 Å². The Kier molecular flexibility index (Phi) is 6.03. The molecule has 0 bridgehead atoms. The molecule has 0 aliphatic carbocycles. The molecule has 0 spiro atoms. The monoisotopic (exact) mass is 371 g/mol. The highest BCUT2D eigenvalue weighted by Crippen LogP contribution is 2.28. The van der Waals surface area contributed by atoms with Crippen LogP contribution in [0.3, 0.4) is 0 Å². The van der Waals surface area contributed by atoms with E-state index in [1.807, 2.05) is 31.2 Å². The summed E-state index contributed by atoms with van der Waals surface area (Å²) < 4.78 is 29.8. The Hall–Kier alpha value is -2.93. The molecule has 1 heterocycles. The maximum atomic E-state index is 13.8. The average Bonchev–Trinajstić information content (AvgIpc) is 3.16. The minimum Gasteiger partial charge on any atom is -0.489 e. The van der Waals surface area contributed by atoms with Crippen molar-refractivity contribution >= 4 is 5.69 Å². The van der Waals surface area contributed by atoms with Crippen molar-refractivity contribution < 1.29 is 18.4 Å². The second-order valence-electron chi connectivity index (χ2n) is 6.12. The van der Waals surface area contributed by atoms with Crippen molar-refractivity contribution in [3.8, 4) is 17.1 Å². The van der Waals surface area contributed by atoms with Crippen LogP contribution in [0.2, 0.25) is 0 Å². The third-order valence-corrected chi connectivity index (χ3v) is 4.05. The van der Waals surface area contributed by atoms with Crippen molar-refractivity contribution in [3.63, 3.8) is 0 Å². The molecule has 0 aliphatic heterocycles. The fraction of sp³-hybridized carbons (Fsp3) is 0.300. The van der Waals surface area contributed by atoms with Crippen molar-refractivity contribution in [1.82, 2.24) is 10.1 Å². The van der Waals surface area contributed by atoms with Gasteiger partial charge >= 0.3 is 0 Å². The molecule has 0 aliphatic rings. The normalized spacial score (nSPS) is 12.0. The van der Waals surface area contributed by atoms with Gasteiger partial charge in [0, 0.05) is 12.7 Å². The van der Waals surface area contributed by atoms with E-state index in [0.29, 0.717) is 41.8 Å². The summed E-state index contributed by atoms with van der Waals surface area (Å²) in [5.74, 6) is 1.16. The van der Waals surface area contributed by atoms with Gasteiger partial charge in [0.15, 0.2) is 0 Å². The number of hydrogen-bond acceptors (Lipinski definition) is 6. The van der Waals surface area contributed by atoms with Gasteiger partial charge in [0.25, 0.3) is 0 Å². The quantitative estimate of drug-likeness (QED) is 0.593. The van der Waals surface area contributed by atoms with Gasteiger partial charge in [0.2, 0.25) is 11.7 Å². The van der Waals surface area contributed by atoms with Gasteiger partial charge in [0.1, 0.15) is 24.2 Å². The van der Waals surface area contributed by atoms with Crippen molar-refractivity contribution in [2.45, 2.75) is 19.9 Å². The maximum Gasteiger partial charge on any atom is 0.249 e. The summed E-state index contributed by atoms with van der Waals surface area (Å²) in [6.07, 6.45) is 0. The first kappa shape index (κ1) is 18.8. The van der Waals surface area contributed by atoms with Crippen LogP contribution in [-0.2, 0) is 4.74 Å². The summed E-state index contributed by atoms with van der Waals surface area (Å²) in [6.45, 7) is 4.56. The van der Waals surface area contributed by atoms with E-state index in [1.165, 1.54) is 6.07 Å². The number of para-hydroxylation sites is 2. The minimum atomic E-state index is -0.299. The molecule has 1 aromatic heterocycles. The van der Waals surface area contributed by atoms with Crippen LogP contribution in [0.4, 0.5) is 10.1 Å². The third kappa shape index (κ3) is 4.62. The Bertz CT molecular complexity index is 898. The van der Waals surface area contributed by atoms with Gasteiger partial charge in [-0.15, -0.1) is 0 Å². The van der Waals surface area contributed by atoms with Crippen LogP contribution in [0.5, 0.6) is 5.75 Å². The number of nitrogens with one attached hydrogen (secondary N) is 1. The van der Waals surface area contributed by atoms with Gasteiger partial charge < -0.3 is 19.3 Å². The SMILES string of the molecule is COCCOc1ccccc1NC(C)c1nc(-c2ccc(C)c(F)c2)no1. The van der Waals surface area contributed by atoms with E-state index < -0.39 is 0 Å². The fourth-order valence-electron chi connectivity index (χ4n) is 2.50. The highest BCUT2D eigenvalue weighted by molar-refractivity contribution is 5.57. The van der Waals surface area contributed by atoms with E-state index in [-0.39, 0.29) is 11.9 Å². The largest absolute Gasteiger partial charge is 0.489 e. The molecule has 3 rings (SSSR count). The number of anilines is 1. The zero-order chi connectivity index (χ0) is 19.2. The van der Waals surface area contributed by atoms with Crippen molar-refractivity contribution in [3.05, 3.63) is 59.7 Å². The number of aryl methyl sites for hydroxylation is 1. The molecule has 0 radical (unpaired) electrons. The fourth-order valence-corrected chi connectivity index (χ4v) is 2.50. The van der Waals surface area contributed by atoms with Gasteiger partial charge in [0.05, 0.1) is 12.3 Å². The number of hydrogen-bond donors (Lipinski definition) is 1. The minimum absolute atomic E-state index is 0.256. The Morgan fingerprint density at radius 1 is 1.19 bits per heavy atom. The molecule has 0 saturated carbocycles. The number of aromatic nitrogens is 2. The summed E-state index contributed by atoms with van der Waals surface area (Å²) in [5.41, 5.74) is 1.95. The summed E-state index contributed by atoms with van der Waals surface area (Å²) >= 11 is 0. The van der Waals surface area contributed by atoms with Gasteiger partial charge in [-0.1, -0.05) is 29.4 Å². The zero-order valence-electron chi connectivity index (χ0n) is 15.5. The summed E-state index contributed by atoms with van der Waals surface area (Å²) in [5, 5.41) is 7.27. The van der Waals surface area contributed by atoms with Crippen LogP contribution in [0.25, 0.3) is 11.4 Å². The molecule has 3 aromatic rings. The number of benzene rings is 2. The average molecular weight is 371 g/mol. The highest BCUT2D eigenvalue weighted by Gasteiger charge is 2.17. The standard InChI is InChI=1S/C20H22FN3O3/c1-13-8-9-15(12-16(13)21)19-23-20(27-24-19)14(2)22-17-6-4-5-7-18(17)26-11-10-25-3/h4-9,12,14,22H,10-11H2,1-3H3. The van der Waals surface area contributed by atoms with E-state index in [4.69, 9.17) is 14.0 Å². The van der Waals surface area contributed by atoms with Crippen LogP contribution in [-0.4, -0.2) is 30.5 Å². The number of rotatable bonds is 8. The van der Waals surface area contributed by atoms with Crippen LogP contribution < -0.4 is 10.1 Å². The molecule has 6 nitrogen and oxygen atoms in total. The third-order valence-electron chi connectivity index (χ3n) is 4.05. The predicted octanol–water partition coefficient (Wildman–Crippen LogP) is 4.38. The lowest BCUT2D eigenvalue weighted by Gasteiger charge is -2.15. The Labute approximate surface area is 157 Å². The first-order valence-corrected chi connectivity index (χ1v) is 8.66. The second-order valence-corrected chi connectivity index (χ2v) is 6.12. The number of methoxy groups -OCH3 is 1. The molecule has 1 N–H and O–H groups in total. The van der Waals surface area contributed by atoms with Crippen LogP contribution >= 0.6 is 0 Å². The molecular formula is C20H22FN3O3. The molecule has 1 unspecified atom stereocenters. The summed E-state index contributed by atoms with van der Waals surface area (Å²) in [7, 11) is 1.63. The lowest BCUT2D eigenvalue weighted by Crippen LogP contribution is -2.10. The molecule has 0 amide bonds. The predicted molar refractivity (Wildman–Crippen MR) is 100 cm³/mol. The second kappa shape index (κ2) is 8.64. The zero-order valence-corrected chi connectivity index (χ0v) is 15.5. The van der Waals surface area contributed by atoms with Crippen molar-refractivity contribution in [2.24, 2.45) is 0 Å². The van der Waals surface area contributed by atoms with E-state index in [2.05, 4.69) is 15.5 Å². The molecule has 2 aromatic carbocycles. The van der Waals surface area contributed by atoms with Gasteiger partial charge in [-0.3, -0.25) is 0 Å². The van der Waals surface area contributed by atoms with Gasteiger partial charge in [-0.2, -0.15) is 4.98 Å². The van der Waals surface area contributed by atoms with Crippen molar-refractivity contribution in [1.29, 1.82) is 0 Å². The number of ether oxygens (including phenoxy) is 2. The number of halogens is 1. The molecule has 7 heteroatoms. The smallest absolute Gasteiger partial charge is 0.249 e. The van der Waals surface area contributed by atoms with Crippen LogP contribution in [0.1, 0.15) is 24.4 Å². The van der Waals surface area contributed by atoms with Gasteiger partial charge in [-0.05, 0) is 37.6 Å². The van der Waals surface area contributed by atoms with E-state index in [0.717, 1.165) is 5.69 Å². The number of nitrogens with zero attached hydrogens (tertiary/aromatic N) is 2. The molecule has 142 valence electrons. The van der Waals surface area contributed by atoms with E-state index in [1.54, 1.807) is 26.2 Å². The first-order chi connectivity index (χ1) is 13.1. The van der Waals surface area contributed by atoms with E-state index in [9.17, 15) is 4.39 Å². The Morgan fingerprint density at radius 3 is 2.78 bits per heavy atom. The topological polar surface area (TPSA) is 69.4 Å². The lowest BCUT2D eigenvalue weighted by atomic mass is 10.1. The first-order valence-electron chi connectivity index (χ1n) is 8.66. The molecular weight excluding hydrogens is 349 g/mol. The Morgan fingerprint density at radius 2 is 2.00 bits per heavy atom. The lowest BCUT2D eigenvalue weighted by molar-refractivity contribution is 0.146. The molecule has 27 heavy (non-hydrogen) atoms.